The summed E-state index contributed by atoms with van der Waals surface area (Å²) in [6.45, 7) is 2.71. The van der Waals surface area contributed by atoms with Crippen molar-refractivity contribution >= 4 is 52.2 Å². The fraction of sp³-hybridized carbons (Fsp3) is 0.148. The number of halogens is 1. The first-order valence-corrected chi connectivity index (χ1v) is 12.3. The number of carboxylic acid groups (broad SMARTS) is 1. The van der Waals surface area contributed by atoms with Gasteiger partial charge in [-0.1, -0.05) is 35.9 Å². The van der Waals surface area contributed by atoms with Crippen molar-refractivity contribution in [2.45, 2.75) is 13.5 Å². The van der Waals surface area contributed by atoms with Crippen molar-refractivity contribution < 1.29 is 24.2 Å². The highest BCUT2D eigenvalue weighted by molar-refractivity contribution is 8.18. The second kappa shape index (κ2) is 11.3. The van der Waals surface area contributed by atoms with Gasteiger partial charge in [0, 0.05) is 12.1 Å². The van der Waals surface area contributed by atoms with Gasteiger partial charge in [0.1, 0.15) is 6.61 Å². The van der Waals surface area contributed by atoms with E-state index in [2.05, 4.69) is 4.99 Å². The van der Waals surface area contributed by atoms with Crippen LogP contribution in [0.4, 0.5) is 5.69 Å². The number of nitrogens with zero attached hydrogens (tertiary/aromatic N) is 2. The van der Waals surface area contributed by atoms with E-state index in [1.54, 1.807) is 25.3 Å². The Hall–Kier alpha value is -3.75. The number of carboxylic acids is 1. The first-order chi connectivity index (χ1) is 17.3. The predicted molar refractivity (Wildman–Crippen MR) is 142 cm³/mol. The molecule has 3 aromatic carbocycles. The molecule has 1 amide bonds. The Kier molecular flexibility index (Phi) is 7.97. The summed E-state index contributed by atoms with van der Waals surface area (Å²) in [5, 5.41) is 10.3. The Bertz CT molecular complexity index is 1350. The lowest BCUT2D eigenvalue weighted by Crippen LogP contribution is -2.23. The standard InChI is InChI=1S/C27H23ClN2O5S/c1-3-34-23-13-18(9-12-22(23)35-16-17-7-10-20(28)11-8-17)14-24-25(31)30(2)27(36-24)29-21-6-4-5-19(15-21)26(32)33/h4-15H,3,16H2,1-2H3,(H,32,33). The summed E-state index contributed by atoms with van der Waals surface area (Å²) < 4.78 is 11.7. The summed E-state index contributed by atoms with van der Waals surface area (Å²) in [6, 6.07) is 19.2. The highest BCUT2D eigenvalue weighted by atomic mass is 35.5. The zero-order chi connectivity index (χ0) is 25.7. The Labute approximate surface area is 218 Å². The minimum Gasteiger partial charge on any atom is -0.490 e. The molecule has 0 saturated carbocycles. The van der Waals surface area contributed by atoms with Crippen LogP contribution >= 0.6 is 23.4 Å². The molecule has 184 valence electrons. The number of aromatic carboxylic acids is 1. The molecule has 0 aliphatic carbocycles. The molecular formula is C27H23ClN2O5S. The lowest BCUT2D eigenvalue weighted by Gasteiger charge is -2.13. The maximum absolute atomic E-state index is 12.8. The topological polar surface area (TPSA) is 88.4 Å². The monoisotopic (exact) mass is 522 g/mol. The second-order valence-corrected chi connectivity index (χ2v) is 9.22. The summed E-state index contributed by atoms with van der Waals surface area (Å²) in [6.07, 6.45) is 1.77. The molecule has 36 heavy (non-hydrogen) atoms. The average molecular weight is 523 g/mol. The van der Waals surface area contributed by atoms with Crippen molar-refractivity contribution in [1.29, 1.82) is 0 Å². The van der Waals surface area contributed by atoms with Gasteiger partial charge in [-0.25, -0.2) is 9.79 Å². The van der Waals surface area contributed by atoms with Crippen LogP contribution in [-0.4, -0.2) is 40.7 Å². The normalized spacial score (nSPS) is 15.5. The van der Waals surface area contributed by atoms with Crippen molar-refractivity contribution in [3.63, 3.8) is 0 Å². The molecule has 1 aliphatic rings. The number of benzene rings is 3. The molecule has 1 aliphatic heterocycles. The maximum atomic E-state index is 12.8. The number of rotatable bonds is 8. The molecule has 0 bridgehead atoms. The Balaban J connectivity index is 1.54. The van der Waals surface area contributed by atoms with E-state index in [9.17, 15) is 14.7 Å². The summed E-state index contributed by atoms with van der Waals surface area (Å²) in [5.74, 6) is -0.0676. The molecule has 9 heteroatoms. The molecule has 1 heterocycles. The van der Waals surface area contributed by atoms with Crippen LogP contribution < -0.4 is 9.47 Å². The fourth-order valence-electron chi connectivity index (χ4n) is 3.37. The van der Waals surface area contributed by atoms with Gasteiger partial charge < -0.3 is 14.6 Å². The van der Waals surface area contributed by atoms with Gasteiger partial charge in [0.2, 0.25) is 0 Å². The van der Waals surface area contributed by atoms with Gasteiger partial charge in [-0.15, -0.1) is 0 Å². The third kappa shape index (κ3) is 6.08. The SMILES string of the molecule is CCOc1cc(C=C2SC(=Nc3cccc(C(=O)O)c3)N(C)C2=O)ccc1OCc1ccc(Cl)cc1. The van der Waals surface area contributed by atoms with Crippen molar-refractivity contribution in [2.24, 2.45) is 4.99 Å². The molecule has 7 nitrogen and oxygen atoms in total. The number of ether oxygens (including phenoxy) is 2. The van der Waals surface area contributed by atoms with Crippen molar-refractivity contribution in [3.05, 3.63) is 93.3 Å². The van der Waals surface area contributed by atoms with E-state index >= 15 is 0 Å². The molecular weight excluding hydrogens is 500 g/mol. The van der Waals surface area contributed by atoms with Gasteiger partial charge in [-0.2, -0.15) is 0 Å². The van der Waals surface area contributed by atoms with Crippen molar-refractivity contribution in [1.82, 2.24) is 4.90 Å². The Morgan fingerprint density at radius 1 is 1.08 bits per heavy atom. The molecule has 1 N–H and O–H groups in total. The number of amidine groups is 1. The fourth-order valence-corrected chi connectivity index (χ4v) is 4.48. The van der Waals surface area contributed by atoms with Gasteiger partial charge in [0.05, 0.1) is 22.8 Å². The molecule has 1 saturated heterocycles. The van der Waals surface area contributed by atoms with Crippen LogP contribution in [0.15, 0.2) is 76.6 Å². The quantitative estimate of drug-likeness (QED) is 0.352. The predicted octanol–water partition coefficient (Wildman–Crippen LogP) is 6.25. The van der Waals surface area contributed by atoms with E-state index in [0.717, 1.165) is 11.1 Å². The van der Waals surface area contributed by atoms with Crippen LogP contribution in [0.25, 0.3) is 6.08 Å². The van der Waals surface area contributed by atoms with Gasteiger partial charge in [0.25, 0.3) is 5.91 Å². The largest absolute Gasteiger partial charge is 0.490 e. The highest BCUT2D eigenvalue weighted by Gasteiger charge is 2.30. The number of hydrogen-bond donors (Lipinski definition) is 1. The Morgan fingerprint density at radius 3 is 2.58 bits per heavy atom. The molecule has 0 spiro atoms. The van der Waals surface area contributed by atoms with Crippen LogP contribution in [0.3, 0.4) is 0 Å². The molecule has 4 rings (SSSR count). The molecule has 3 aromatic rings. The van der Waals surface area contributed by atoms with Gasteiger partial charge in [-0.3, -0.25) is 9.69 Å². The number of likely N-dealkylation sites (N-methyl/N-ethyl adjacent to an activating group) is 1. The van der Waals surface area contributed by atoms with Crippen LogP contribution in [0, 0.1) is 0 Å². The second-order valence-electron chi connectivity index (χ2n) is 7.78. The lowest BCUT2D eigenvalue weighted by atomic mass is 10.1. The number of hydrogen-bond acceptors (Lipinski definition) is 6. The van der Waals surface area contributed by atoms with E-state index in [0.29, 0.717) is 45.5 Å². The summed E-state index contributed by atoms with van der Waals surface area (Å²) in [4.78, 5) is 30.5. The first-order valence-electron chi connectivity index (χ1n) is 11.1. The van der Waals surface area contributed by atoms with E-state index in [1.165, 1.54) is 28.8 Å². The van der Waals surface area contributed by atoms with Gasteiger partial charge >= 0.3 is 5.97 Å². The van der Waals surface area contributed by atoms with Gasteiger partial charge in [-0.05, 0) is 78.4 Å². The number of amides is 1. The molecule has 1 fully saturated rings. The smallest absolute Gasteiger partial charge is 0.335 e. The minimum atomic E-state index is -1.04. The highest BCUT2D eigenvalue weighted by Crippen LogP contribution is 2.35. The van der Waals surface area contributed by atoms with E-state index in [4.69, 9.17) is 21.1 Å². The van der Waals surface area contributed by atoms with E-state index in [-0.39, 0.29) is 11.5 Å². The summed E-state index contributed by atoms with van der Waals surface area (Å²) in [7, 11) is 1.63. The summed E-state index contributed by atoms with van der Waals surface area (Å²) in [5.41, 5.74) is 2.34. The zero-order valence-electron chi connectivity index (χ0n) is 19.6. The molecule has 0 aromatic heterocycles. The third-order valence-electron chi connectivity index (χ3n) is 5.19. The maximum Gasteiger partial charge on any atom is 0.335 e. The molecule has 0 radical (unpaired) electrons. The third-order valence-corrected chi connectivity index (χ3v) is 6.51. The van der Waals surface area contributed by atoms with Crippen molar-refractivity contribution in [3.8, 4) is 11.5 Å². The van der Waals surface area contributed by atoms with Crippen LogP contribution in [-0.2, 0) is 11.4 Å². The van der Waals surface area contributed by atoms with Crippen LogP contribution in [0.2, 0.25) is 5.02 Å². The minimum absolute atomic E-state index is 0.131. The summed E-state index contributed by atoms with van der Waals surface area (Å²) >= 11 is 7.17. The van der Waals surface area contributed by atoms with E-state index < -0.39 is 5.97 Å². The lowest BCUT2D eigenvalue weighted by molar-refractivity contribution is -0.121. The molecule has 0 atom stereocenters. The Morgan fingerprint density at radius 2 is 1.86 bits per heavy atom. The first kappa shape index (κ1) is 25.3. The average Bonchev–Trinajstić information content (AvgIpc) is 3.12. The van der Waals surface area contributed by atoms with E-state index in [1.807, 2.05) is 49.4 Å². The number of aliphatic imine (C=N–C) groups is 1. The molecule has 0 unspecified atom stereocenters. The van der Waals surface area contributed by atoms with Crippen LogP contribution in [0.1, 0.15) is 28.4 Å². The van der Waals surface area contributed by atoms with Crippen LogP contribution in [0.5, 0.6) is 11.5 Å². The van der Waals surface area contributed by atoms with Gasteiger partial charge in [0.15, 0.2) is 16.7 Å². The zero-order valence-corrected chi connectivity index (χ0v) is 21.2. The number of thioether (sulfide) groups is 1. The number of carbonyl (C=O) groups excluding carboxylic acids is 1. The number of carbonyl (C=O) groups is 2. The van der Waals surface area contributed by atoms with Crippen molar-refractivity contribution in [2.75, 3.05) is 13.7 Å².